The maximum absolute atomic E-state index is 9.46. The van der Waals surface area contributed by atoms with Gasteiger partial charge in [0.1, 0.15) is 17.5 Å². The Kier molecular flexibility index (Phi) is 4.68. The van der Waals surface area contributed by atoms with E-state index in [-0.39, 0.29) is 0 Å². The van der Waals surface area contributed by atoms with Gasteiger partial charge < -0.3 is 5.73 Å². The fourth-order valence-electron chi connectivity index (χ4n) is 2.64. The predicted molar refractivity (Wildman–Crippen MR) is 98.6 cm³/mol. The molecule has 0 spiro atoms. The van der Waals surface area contributed by atoms with Gasteiger partial charge in [0.2, 0.25) is 0 Å². The number of nitrogens with zero attached hydrogens (tertiary/aromatic N) is 3. The molecule has 120 valence electrons. The van der Waals surface area contributed by atoms with Gasteiger partial charge >= 0.3 is 0 Å². The highest BCUT2D eigenvalue weighted by Crippen LogP contribution is 2.22. The van der Waals surface area contributed by atoms with Crippen molar-refractivity contribution >= 4 is 21.7 Å². The summed E-state index contributed by atoms with van der Waals surface area (Å²) in [5.41, 5.74) is 10.8. The molecule has 3 rings (SSSR count). The molecule has 1 aromatic heterocycles. The van der Waals surface area contributed by atoms with Crippen LogP contribution in [0, 0.1) is 18.3 Å². The van der Waals surface area contributed by atoms with Crippen molar-refractivity contribution in [2.75, 3.05) is 5.73 Å². The molecule has 0 unspecified atom stereocenters. The zero-order valence-corrected chi connectivity index (χ0v) is 14.9. The molecule has 0 atom stereocenters. The zero-order valence-electron chi connectivity index (χ0n) is 13.3. The number of aromatic nitrogens is 2. The van der Waals surface area contributed by atoms with Crippen molar-refractivity contribution in [3.63, 3.8) is 0 Å². The molecule has 0 saturated carbocycles. The van der Waals surface area contributed by atoms with Crippen LogP contribution in [0.2, 0.25) is 0 Å². The van der Waals surface area contributed by atoms with Crippen LogP contribution < -0.4 is 5.73 Å². The molecule has 3 aromatic rings. The number of hydrogen-bond acceptors (Lipinski definition) is 3. The second-order valence-corrected chi connectivity index (χ2v) is 6.62. The quantitative estimate of drug-likeness (QED) is 0.742. The Labute approximate surface area is 149 Å². The van der Waals surface area contributed by atoms with Crippen molar-refractivity contribution in [2.24, 2.45) is 0 Å². The molecular weight excluding hydrogens is 364 g/mol. The highest BCUT2D eigenvalue weighted by molar-refractivity contribution is 9.10. The molecule has 24 heavy (non-hydrogen) atoms. The lowest BCUT2D eigenvalue weighted by atomic mass is 10.1. The summed E-state index contributed by atoms with van der Waals surface area (Å²) < 4.78 is 2.74. The van der Waals surface area contributed by atoms with E-state index in [1.807, 2.05) is 36.4 Å². The SMILES string of the molecule is Cc1ccccc1Cn1nc(Cc2ccc(Br)cc2)c(C#N)c1N. The van der Waals surface area contributed by atoms with Gasteiger partial charge in [-0.1, -0.05) is 52.3 Å². The van der Waals surface area contributed by atoms with Crippen molar-refractivity contribution in [1.82, 2.24) is 9.78 Å². The van der Waals surface area contributed by atoms with Gasteiger partial charge in [-0.05, 0) is 35.7 Å². The molecule has 0 saturated heterocycles. The van der Waals surface area contributed by atoms with E-state index < -0.39 is 0 Å². The monoisotopic (exact) mass is 380 g/mol. The Morgan fingerprint density at radius 2 is 1.88 bits per heavy atom. The van der Waals surface area contributed by atoms with Crippen LogP contribution in [-0.2, 0) is 13.0 Å². The molecule has 0 bridgehead atoms. The molecule has 0 fully saturated rings. The maximum atomic E-state index is 9.46. The summed E-state index contributed by atoms with van der Waals surface area (Å²) in [6.07, 6.45) is 0.584. The van der Waals surface area contributed by atoms with E-state index in [0.717, 1.165) is 15.6 Å². The first-order valence-corrected chi connectivity index (χ1v) is 8.42. The number of aryl methyl sites for hydroxylation is 1. The van der Waals surface area contributed by atoms with E-state index in [1.165, 1.54) is 5.56 Å². The minimum absolute atomic E-state index is 0.424. The zero-order chi connectivity index (χ0) is 17.1. The minimum atomic E-state index is 0.424. The van der Waals surface area contributed by atoms with Crippen LogP contribution in [0.15, 0.2) is 53.0 Å². The molecule has 5 heteroatoms. The van der Waals surface area contributed by atoms with E-state index in [2.05, 4.69) is 46.2 Å². The van der Waals surface area contributed by atoms with Crippen molar-refractivity contribution in [3.05, 3.63) is 81.0 Å². The van der Waals surface area contributed by atoms with Gasteiger partial charge in [-0.25, -0.2) is 4.68 Å². The summed E-state index contributed by atoms with van der Waals surface area (Å²) in [6.45, 7) is 2.62. The fourth-order valence-corrected chi connectivity index (χ4v) is 2.90. The van der Waals surface area contributed by atoms with Crippen molar-refractivity contribution in [2.45, 2.75) is 19.9 Å². The Balaban J connectivity index is 1.92. The summed E-state index contributed by atoms with van der Waals surface area (Å²) in [7, 11) is 0. The smallest absolute Gasteiger partial charge is 0.140 e. The molecule has 1 heterocycles. The molecule has 2 aromatic carbocycles. The van der Waals surface area contributed by atoms with Gasteiger partial charge in [0, 0.05) is 10.9 Å². The maximum Gasteiger partial charge on any atom is 0.140 e. The first-order valence-electron chi connectivity index (χ1n) is 7.62. The van der Waals surface area contributed by atoms with E-state index in [0.29, 0.717) is 30.0 Å². The first-order chi connectivity index (χ1) is 11.6. The molecule has 0 amide bonds. The number of hydrogen-bond donors (Lipinski definition) is 1. The van der Waals surface area contributed by atoms with Gasteiger partial charge in [0.25, 0.3) is 0 Å². The largest absolute Gasteiger partial charge is 0.383 e. The third kappa shape index (κ3) is 3.34. The van der Waals surface area contributed by atoms with E-state index in [9.17, 15) is 5.26 Å². The summed E-state index contributed by atoms with van der Waals surface area (Å²) in [5, 5.41) is 14.1. The van der Waals surface area contributed by atoms with E-state index >= 15 is 0 Å². The number of benzene rings is 2. The third-order valence-corrected chi connectivity index (χ3v) is 4.57. The van der Waals surface area contributed by atoms with Gasteiger partial charge in [-0.2, -0.15) is 10.4 Å². The summed E-state index contributed by atoms with van der Waals surface area (Å²) in [6, 6.07) is 18.3. The van der Waals surface area contributed by atoms with Gasteiger partial charge in [0.15, 0.2) is 0 Å². The van der Waals surface area contributed by atoms with Crippen LogP contribution in [-0.4, -0.2) is 9.78 Å². The Bertz CT molecular complexity index is 904. The first kappa shape index (κ1) is 16.3. The lowest BCUT2D eigenvalue weighted by molar-refractivity contribution is 0.682. The number of anilines is 1. The second kappa shape index (κ2) is 6.90. The lowest BCUT2D eigenvalue weighted by Gasteiger charge is -2.07. The highest BCUT2D eigenvalue weighted by atomic mass is 79.9. The van der Waals surface area contributed by atoms with Gasteiger partial charge in [-0.3, -0.25) is 0 Å². The van der Waals surface area contributed by atoms with Crippen LogP contribution in [0.5, 0.6) is 0 Å². The predicted octanol–water partition coefficient (Wildman–Crippen LogP) is 4.05. The Morgan fingerprint density at radius 1 is 1.17 bits per heavy atom. The number of nitrogen functional groups attached to an aromatic ring is 1. The van der Waals surface area contributed by atoms with Gasteiger partial charge in [0.05, 0.1) is 12.2 Å². The average molecular weight is 381 g/mol. The number of rotatable bonds is 4. The molecule has 4 nitrogen and oxygen atoms in total. The van der Waals surface area contributed by atoms with Crippen molar-refractivity contribution < 1.29 is 0 Å². The van der Waals surface area contributed by atoms with E-state index in [1.54, 1.807) is 4.68 Å². The molecular formula is C19H17BrN4. The van der Waals surface area contributed by atoms with Gasteiger partial charge in [-0.15, -0.1) is 0 Å². The minimum Gasteiger partial charge on any atom is -0.383 e. The fraction of sp³-hybridized carbons (Fsp3) is 0.158. The molecule has 0 aliphatic rings. The molecule has 0 aliphatic heterocycles. The van der Waals surface area contributed by atoms with Crippen LogP contribution >= 0.6 is 15.9 Å². The summed E-state index contributed by atoms with van der Waals surface area (Å²) >= 11 is 3.43. The summed E-state index contributed by atoms with van der Waals surface area (Å²) in [4.78, 5) is 0. The van der Waals surface area contributed by atoms with Crippen LogP contribution in [0.4, 0.5) is 5.82 Å². The Morgan fingerprint density at radius 3 is 2.54 bits per heavy atom. The van der Waals surface area contributed by atoms with Crippen molar-refractivity contribution in [1.29, 1.82) is 5.26 Å². The topological polar surface area (TPSA) is 67.6 Å². The lowest BCUT2D eigenvalue weighted by Crippen LogP contribution is -2.07. The van der Waals surface area contributed by atoms with Crippen LogP contribution in [0.1, 0.15) is 27.9 Å². The van der Waals surface area contributed by atoms with Crippen LogP contribution in [0.25, 0.3) is 0 Å². The molecule has 0 radical (unpaired) electrons. The number of nitrogens with two attached hydrogens (primary N) is 1. The Hall–Kier alpha value is -2.58. The number of halogens is 1. The molecule has 0 aliphatic carbocycles. The number of nitriles is 1. The summed E-state index contributed by atoms with van der Waals surface area (Å²) in [5.74, 6) is 0.424. The molecule has 2 N–H and O–H groups in total. The standard InChI is InChI=1S/C19H17BrN4/c1-13-4-2-3-5-15(13)12-24-19(22)17(11-21)18(23-24)10-14-6-8-16(20)9-7-14/h2-9H,10,12,22H2,1H3. The van der Waals surface area contributed by atoms with Crippen LogP contribution in [0.3, 0.4) is 0 Å². The van der Waals surface area contributed by atoms with E-state index in [4.69, 9.17) is 5.73 Å². The third-order valence-electron chi connectivity index (χ3n) is 4.04. The average Bonchev–Trinajstić information content (AvgIpc) is 2.87. The highest BCUT2D eigenvalue weighted by Gasteiger charge is 2.16. The normalized spacial score (nSPS) is 10.5. The van der Waals surface area contributed by atoms with Crippen molar-refractivity contribution in [3.8, 4) is 6.07 Å². The second-order valence-electron chi connectivity index (χ2n) is 5.71.